The van der Waals surface area contributed by atoms with E-state index in [-0.39, 0.29) is 17.7 Å². The van der Waals surface area contributed by atoms with Gasteiger partial charge in [-0.2, -0.15) is 0 Å². The summed E-state index contributed by atoms with van der Waals surface area (Å²) in [6, 6.07) is 0.534. The second kappa shape index (κ2) is 12.3. The molecule has 2 heterocycles. The van der Waals surface area contributed by atoms with Crippen molar-refractivity contribution in [2.75, 3.05) is 54.1 Å². The molecule has 34 heavy (non-hydrogen) atoms. The minimum absolute atomic E-state index is 0.0713. The minimum Gasteiger partial charge on any atom is -0.463 e. The van der Waals surface area contributed by atoms with Crippen LogP contribution in [0.25, 0.3) is 0 Å². The largest absolute Gasteiger partial charge is 0.463 e. The van der Waals surface area contributed by atoms with E-state index in [1.807, 2.05) is 6.92 Å². The second-order valence-electron chi connectivity index (χ2n) is 11.8. The lowest BCUT2D eigenvalue weighted by atomic mass is 9.76. The molecule has 0 amide bonds. The van der Waals surface area contributed by atoms with Gasteiger partial charge in [0, 0.05) is 38.8 Å². The fourth-order valence-corrected chi connectivity index (χ4v) is 6.19. The fraction of sp³-hybridized carbons (Fsp3) is 0.926. The number of Topliss-reactive ketones (excluding diaryl/α,β-unsaturated/α-hetero) is 1. The van der Waals surface area contributed by atoms with Gasteiger partial charge in [-0.15, -0.1) is 0 Å². The number of ether oxygens (including phenoxy) is 3. The molecule has 2 saturated heterocycles. The van der Waals surface area contributed by atoms with Gasteiger partial charge in [-0.05, 0) is 85.4 Å². The van der Waals surface area contributed by atoms with E-state index in [9.17, 15) is 9.59 Å². The van der Waals surface area contributed by atoms with Crippen molar-refractivity contribution in [3.63, 3.8) is 0 Å². The molecule has 0 aromatic carbocycles. The molecule has 198 valence electrons. The van der Waals surface area contributed by atoms with Crippen LogP contribution in [0.15, 0.2) is 0 Å². The molecule has 0 aromatic heterocycles. The summed E-state index contributed by atoms with van der Waals surface area (Å²) in [5, 5.41) is 0. The van der Waals surface area contributed by atoms with E-state index in [1.165, 1.54) is 0 Å². The molecule has 2 unspecified atom stereocenters. The normalized spacial score (nSPS) is 34.6. The maximum Gasteiger partial charge on any atom is 0.319 e. The third-order valence-electron chi connectivity index (χ3n) is 8.29. The lowest BCUT2D eigenvalue weighted by molar-refractivity contribution is -0.162. The topological polar surface area (TPSA) is 68.3 Å². The highest BCUT2D eigenvalue weighted by Crippen LogP contribution is 2.34. The number of cyclic esters (lactones) is 1. The van der Waals surface area contributed by atoms with E-state index in [0.717, 1.165) is 45.5 Å². The molecule has 2 aliphatic heterocycles. The van der Waals surface area contributed by atoms with E-state index in [2.05, 4.69) is 37.6 Å². The van der Waals surface area contributed by atoms with E-state index in [0.29, 0.717) is 30.9 Å². The van der Waals surface area contributed by atoms with Crippen molar-refractivity contribution < 1.29 is 23.8 Å². The Balaban J connectivity index is 2.24. The Morgan fingerprint density at radius 1 is 1.09 bits per heavy atom. The summed E-state index contributed by atoms with van der Waals surface area (Å²) in [7, 11) is 5.63. The van der Waals surface area contributed by atoms with Gasteiger partial charge in [0.15, 0.2) is 5.78 Å². The Kier molecular flexibility index (Phi) is 10.6. The maximum absolute atomic E-state index is 13.3. The summed E-state index contributed by atoms with van der Waals surface area (Å²) in [4.78, 5) is 31.3. The van der Waals surface area contributed by atoms with Gasteiger partial charge in [0.25, 0.3) is 0 Å². The Morgan fingerprint density at radius 2 is 1.71 bits per heavy atom. The third-order valence-corrected chi connectivity index (χ3v) is 8.29. The van der Waals surface area contributed by atoms with E-state index >= 15 is 0 Å². The standard InChI is InChI=1S/C27H50N2O5/c1-19-14-27(6,33-9)15-20(2)24(30)26(4,5)25(31)34-18-23(28(7)16-19)22-10-12-29(13-11-22)21(3)17-32-8/h19-23H,10-18H2,1-9H3/t19-,20-,21?,23?,27-/m1/s1. The molecule has 0 N–H and O–H groups in total. The number of methoxy groups -OCH3 is 2. The predicted molar refractivity (Wildman–Crippen MR) is 135 cm³/mol. The van der Waals surface area contributed by atoms with Gasteiger partial charge in [-0.1, -0.05) is 13.8 Å². The van der Waals surface area contributed by atoms with Crippen LogP contribution in [0.5, 0.6) is 0 Å². The number of hydrogen-bond acceptors (Lipinski definition) is 7. The van der Waals surface area contributed by atoms with Crippen molar-refractivity contribution in [2.45, 2.75) is 84.9 Å². The lowest BCUT2D eigenvalue weighted by Crippen LogP contribution is -2.50. The first kappa shape index (κ1) is 29.2. The maximum atomic E-state index is 13.3. The minimum atomic E-state index is -1.17. The number of carbonyl (C=O) groups excluding carboxylic acids is 2. The van der Waals surface area contributed by atoms with E-state index in [4.69, 9.17) is 14.2 Å². The summed E-state index contributed by atoms with van der Waals surface area (Å²) in [5.74, 6) is 0.0458. The molecule has 2 aliphatic rings. The van der Waals surface area contributed by atoms with Gasteiger partial charge in [0.2, 0.25) is 0 Å². The SMILES string of the molecule is COCC(C)N1CCC(C2COC(=O)C(C)(C)C(=O)[C@H](C)C[C@](C)(OC)C[C@@H](C)CN2C)CC1. The van der Waals surface area contributed by atoms with Gasteiger partial charge in [0.1, 0.15) is 12.0 Å². The molecule has 0 aromatic rings. The zero-order valence-corrected chi connectivity index (χ0v) is 23.2. The summed E-state index contributed by atoms with van der Waals surface area (Å²) in [6.07, 6.45) is 3.57. The first-order chi connectivity index (χ1) is 15.8. The van der Waals surface area contributed by atoms with Gasteiger partial charge in [0.05, 0.1) is 12.2 Å². The predicted octanol–water partition coefficient (Wildman–Crippen LogP) is 3.64. The molecular weight excluding hydrogens is 432 g/mol. The van der Waals surface area contributed by atoms with Gasteiger partial charge in [-0.25, -0.2) is 0 Å². The van der Waals surface area contributed by atoms with Crippen molar-refractivity contribution in [2.24, 2.45) is 23.2 Å². The van der Waals surface area contributed by atoms with Crippen molar-refractivity contribution in [1.29, 1.82) is 0 Å². The van der Waals surface area contributed by atoms with Crippen LogP contribution in [0.3, 0.4) is 0 Å². The number of piperidine rings is 1. The smallest absolute Gasteiger partial charge is 0.319 e. The van der Waals surface area contributed by atoms with Crippen LogP contribution < -0.4 is 0 Å². The number of esters is 1. The molecule has 0 spiro atoms. The zero-order chi connectivity index (χ0) is 25.7. The number of rotatable bonds is 5. The Labute approximate surface area is 207 Å². The number of ketones is 1. The third kappa shape index (κ3) is 7.25. The van der Waals surface area contributed by atoms with Crippen LogP contribution in [-0.4, -0.2) is 93.4 Å². The summed E-state index contributed by atoms with van der Waals surface area (Å²) in [5.41, 5.74) is -1.59. The number of likely N-dealkylation sites (N-methyl/N-ethyl adjacent to an activating group) is 1. The van der Waals surface area contributed by atoms with Crippen molar-refractivity contribution in [3.8, 4) is 0 Å². The van der Waals surface area contributed by atoms with Crippen LogP contribution in [0.2, 0.25) is 0 Å². The van der Waals surface area contributed by atoms with Crippen molar-refractivity contribution in [1.82, 2.24) is 9.80 Å². The Bertz CT molecular complexity index is 676. The Morgan fingerprint density at radius 3 is 2.26 bits per heavy atom. The second-order valence-corrected chi connectivity index (χ2v) is 11.8. The first-order valence-electron chi connectivity index (χ1n) is 13.0. The molecule has 7 nitrogen and oxygen atoms in total. The highest BCUT2D eigenvalue weighted by Gasteiger charge is 2.43. The highest BCUT2D eigenvalue weighted by atomic mass is 16.5. The Hall–Kier alpha value is -1.02. The number of carbonyl (C=O) groups is 2. The van der Waals surface area contributed by atoms with Crippen LogP contribution in [0.4, 0.5) is 0 Å². The molecule has 2 fully saturated rings. The average molecular weight is 483 g/mol. The number of hydrogen-bond donors (Lipinski definition) is 0. The van der Waals surface area contributed by atoms with Crippen molar-refractivity contribution >= 4 is 11.8 Å². The van der Waals surface area contributed by atoms with Crippen LogP contribution in [0, 0.1) is 23.2 Å². The number of nitrogens with zero attached hydrogens (tertiary/aromatic N) is 2. The molecule has 0 aliphatic carbocycles. The van der Waals surface area contributed by atoms with Crippen LogP contribution in [0.1, 0.15) is 67.2 Å². The lowest BCUT2D eigenvalue weighted by Gasteiger charge is -2.42. The first-order valence-corrected chi connectivity index (χ1v) is 13.0. The highest BCUT2D eigenvalue weighted by molar-refractivity contribution is 6.03. The monoisotopic (exact) mass is 482 g/mol. The summed E-state index contributed by atoms with van der Waals surface area (Å²) in [6.45, 7) is 15.9. The molecular formula is C27H50N2O5. The quantitative estimate of drug-likeness (QED) is 0.438. The van der Waals surface area contributed by atoms with Crippen molar-refractivity contribution in [3.05, 3.63) is 0 Å². The summed E-state index contributed by atoms with van der Waals surface area (Å²) >= 11 is 0. The van der Waals surface area contributed by atoms with Gasteiger partial charge < -0.3 is 14.2 Å². The molecule has 7 heteroatoms. The van der Waals surface area contributed by atoms with E-state index in [1.54, 1.807) is 28.1 Å². The fourth-order valence-electron chi connectivity index (χ4n) is 6.19. The van der Waals surface area contributed by atoms with E-state index < -0.39 is 17.0 Å². The zero-order valence-electron chi connectivity index (χ0n) is 23.2. The van der Waals surface area contributed by atoms with Gasteiger partial charge in [-0.3, -0.25) is 19.4 Å². The summed E-state index contributed by atoms with van der Waals surface area (Å²) < 4.78 is 17.2. The molecule has 5 atom stereocenters. The molecule has 2 rings (SSSR count). The van der Waals surface area contributed by atoms with Crippen LogP contribution >= 0.6 is 0 Å². The molecule has 0 radical (unpaired) electrons. The average Bonchev–Trinajstić information content (AvgIpc) is 2.78. The number of likely N-dealkylation sites (tertiary alicyclic amines) is 1. The molecule has 0 saturated carbocycles. The van der Waals surface area contributed by atoms with Gasteiger partial charge >= 0.3 is 5.97 Å². The van der Waals surface area contributed by atoms with Crippen LogP contribution in [-0.2, 0) is 23.8 Å². The molecule has 0 bridgehead atoms.